The first-order chi connectivity index (χ1) is 7.56. The van der Waals surface area contributed by atoms with Gasteiger partial charge >= 0.3 is 0 Å². The largest absolute Gasteiger partial charge is 0.396 e. The van der Waals surface area contributed by atoms with Crippen molar-refractivity contribution < 1.29 is 14.6 Å². The zero-order valence-corrected chi connectivity index (χ0v) is 9.30. The highest BCUT2D eigenvalue weighted by molar-refractivity contribution is 5.96. The van der Waals surface area contributed by atoms with Crippen molar-refractivity contribution in [2.24, 2.45) is 0 Å². The predicted molar refractivity (Wildman–Crippen MR) is 57.8 cm³/mol. The molecular weight excluding hydrogens is 212 g/mol. The Labute approximate surface area is 93.2 Å². The number of hydrogen-bond acceptors (Lipinski definition) is 5. The summed E-state index contributed by atoms with van der Waals surface area (Å²) in [5.41, 5.74) is 6.06. The number of aromatic amines is 1. The molecule has 1 rings (SSSR count). The highest BCUT2D eigenvalue weighted by Crippen LogP contribution is 2.08. The SMILES string of the molecule is COCC(O)CN(C)C(=O)c1[nH]ncc1N. The van der Waals surface area contributed by atoms with Crippen LogP contribution in [0, 0.1) is 0 Å². The number of H-pyrrole nitrogens is 1. The molecule has 0 fully saturated rings. The van der Waals surface area contributed by atoms with Gasteiger partial charge in [0.1, 0.15) is 5.69 Å². The summed E-state index contributed by atoms with van der Waals surface area (Å²) in [6, 6.07) is 0. The van der Waals surface area contributed by atoms with E-state index < -0.39 is 6.10 Å². The van der Waals surface area contributed by atoms with Crippen molar-refractivity contribution in [3.05, 3.63) is 11.9 Å². The minimum atomic E-state index is -0.719. The Morgan fingerprint density at radius 1 is 1.81 bits per heavy atom. The third kappa shape index (κ3) is 2.94. The quantitative estimate of drug-likeness (QED) is 0.604. The molecule has 0 spiro atoms. The van der Waals surface area contributed by atoms with E-state index in [2.05, 4.69) is 10.2 Å². The van der Waals surface area contributed by atoms with Gasteiger partial charge in [-0.3, -0.25) is 9.89 Å². The minimum Gasteiger partial charge on any atom is -0.396 e. The first-order valence-corrected chi connectivity index (χ1v) is 4.77. The van der Waals surface area contributed by atoms with Gasteiger partial charge in [-0.05, 0) is 0 Å². The molecule has 1 amide bonds. The van der Waals surface area contributed by atoms with Gasteiger partial charge in [0, 0.05) is 20.7 Å². The van der Waals surface area contributed by atoms with Gasteiger partial charge in [0.25, 0.3) is 5.91 Å². The Morgan fingerprint density at radius 3 is 3.00 bits per heavy atom. The van der Waals surface area contributed by atoms with Gasteiger partial charge in [-0.1, -0.05) is 0 Å². The monoisotopic (exact) mass is 228 g/mol. The van der Waals surface area contributed by atoms with Crippen LogP contribution in [0.5, 0.6) is 0 Å². The molecule has 1 aromatic heterocycles. The fourth-order valence-electron chi connectivity index (χ4n) is 1.30. The number of aliphatic hydroxyl groups excluding tert-OH is 1. The molecule has 4 N–H and O–H groups in total. The third-order valence-corrected chi connectivity index (χ3v) is 2.07. The number of nitrogen functional groups attached to an aromatic ring is 1. The van der Waals surface area contributed by atoms with Crippen LogP contribution in [0.1, 0.15) is 10.5 Å². The lowest BCUT2D eigenvalue weighted by atomic mass is 10.3. The normalized spacial score (nSPS) is 12.4. The molecule has 0 aromatic carbocycles. The summed E-state index contributed by atoms with van der Waals surface area (Å²) in [6.45, 7) is 0.348. The Kier molecular flexibility index (Phi) is 4.27. The van der Waals surface area contributed by atoms with E-state index in [1.54, 1.807) is 7.05 Å². The molecule has 90 valence electrons. The second-order valence-electron chi connectivity index (χ2n) is 3.50. The number of carbonyl (C=O) groups is 1. The fourth-order valence-corrected chi connectivity index (χ4v) is 1.30. The Bertz CT molecular complexity index is 352. The number of nitrogens with zero attached hydrogens (tertiary/aromatic N) is 2. The predicted octanol–water partition coefficient (Wildman–Crippen LogP) is -0.929. The first kappa shape index (κ1) is 12.5. The van der Waals surface area contributed by atoms with E-state index in [9.17, 15) is 9.90 Å². The maximum Gasteiger partial charge on any atom is 0.273 e. The number of methoxy groups -OCH3 is 1. The van der Waals surface area contributed by atoms with Gasteiger partial charge < -0.3 is 20.5 Å². The highest BCUT2D eigenvalue weighted by atomic mass is 16.5. The standard InChI is InChI=1S/C9H16N4O3/c1-13(4-6(14)5-16-2)9(15)8-7(10)3-11-12-8/h3,6,14H,4-5,10H2,1-2H3,(H,11,12). The molecule has 0 aliphatic heterocycles. The fraction of sp³-hybridized carbons (Fsp3) is 0.556. The van der Waals surface area contributed by atoms with Crippen molar-refractivity contribution in [2.45, 2.75) is 6.10 Å². The summed E-state index contributed by atoms with van der Waals surface area (Å²) >= 11 is 0. The summed E-state index contributed by atoms with van der Waals surface area (Å²) in [4.78, 5) is 13.1. The van der Waals surface area contributed by atoms with E-state index in [1.807, 2.05) is 0 Å². The zero-order chi connectivity index (χ0) is 12.1. The lowest BCUT2D eigenvalue weighted by Crippen LogP contribution is -2.36. The molecule has 0 saturated carbocycles. The Hall–Kier alpha value is -1.60. The van der Waals surface area contributed by atoms with Gasteiger partial charge in [-0.25, -0.2) is 0 Å². The van der Waals surface area contributed by atoms with E-state index in [1.165, 1.54) is 18.2 Å². The number of hydrogen-bond donors (Lipinski definition) is 3. The summed E-state index contributed by atoms with van der Waals surface area (Å²) in [5, 5.41) is 15.6. The van der Waals surface area contributed by atoms with Crippen molar-refractivity contribution >= 4 is 11.6 Å². The molecular formula is C9H16N4O3. The van der Waals surface area contributed by atoms with Crippen LogP contribution >= 0.6 is 0 Å². The highest BCUT2D eigenvalue weighted by Gasteiger charge is 2.18. The van der Waals surface area contributed by atoms with Gasteiger partial charge in [-0.15, -0.1) is 0 Å². The van der Waals surface area contributed by atoms with Crippen LogP contribution in [0.2, 0.25) is 0 Å². The molecule has 7 nitrogen and oxygen atoms in total. The molecule has 0 saturated heterocycles. The average molecular weight is 228 g/mol. The smallest absolute Gasteiger partial charge is 0.273 e. The average Bonchev–Trinajstić information content (AvgIpc) is 2.63. The Morgan fingerprint density at radius 2 is 2.50 bits per heavy atom. The van der Waals surface area contributed by atoms with Crippen LogP contribution in [-0.2, 0) is 4.74 Å². The lowest BCUT2D eigenvalue weighted by molar-refractivity contribution is 0.0378. The Balaban J connectivity index is 2.58. The van der Waals surface area contributed by atoms with Crippen LogP contribution in [0.15, 0.2) is 6.20 Å². The molecule has 1 atom stereocenters. The van der Waals surface area contributed by atoms with Crippen molar-refractivity contribution in [2.75, 3.05) is 33.0 Å². The van der Waals surface area contributed by atoms with E-state index in [-0.39, 0.29) is 30.4 Å². The van der Waals surface area contributed by atoms with Crippen LogP contribution in [0.25, 0.3) is 0 Å². The number of nitrogens with two attached hydrogens (primary N) is 1. The third-order valence-electron chi connectivity index (χ3n) is 2.07. The van der Waals surface area contributed by atoms with Crippen LogP contribution in [0.4, 0.5) is 5.69 Å². The summed E-state index contributed by atoms with van der Waals surface area (Å²) in [5.74, 6) is -0.315. The molecule has 1 aromatic rings. The zero-order valence-electron chi connectivity index (χ0n) is 9.30. The van der Waals surface area contributed by atoms with Crippen molar-refractivity contribution in [1.29, 1.82) is 0 Å². The van der Waals surface area contributed by atoms with E-state index in [0.717, 1.165) is 0 Å². The second kappa shape index (κ2) is 5.47. The lowest BCUT2D eigenvalue weighted by Gasteiger charge is -2.19. The summed E-state index contributed by atoms with van der Waals surface area (Å²) in [7, 11) is 3.05. The molecule has 0 bridgehead atoms. The molecule has 0 aliphatic carbocycles. The minimum absolute atomic E-state index is 0.172. The van der Waals surface area contributed by atoms with E-state index in [4.69, 9.17) is 10.5 Å². The van der Waals surface area contributed by atoms with Gasteiger partial charge in [0.05, 0.1) is 24.6 Å². The number of likely N-dealkylation sites (N-methyl/N-ethyl adjacent to an activating group) is 1. The molecule has 1 heterocycles. The van der Waals surface area contributed by atoms with Gasteiger partial charge in [0.2, 0.25) is 0 Å². The number of aromatic nitrogens is 2. The molecule has 1 unspecified atom stereocenters. The van der Waals surface area contributed by atoms with Crippen molar-refractivity contribution in [1.82, 2.24) is 15.1 Å². The number of carbonyl (C=O) groups excluding carboxylic acids is 1. The number of ether oxygens (including phenoxy) is 1. The van der Waals surface area contributed by atoms with Crippen LogP contribution in [0.3, 0.4) is 0 Å². The number of nitrogens with one attached hydrogen (secondary N) is 1. The molecule has 16 heavy (non-hydrogen) atoms. The molecule has 0 aliphatic rings. The maximum absolute atomic E-state index is 11.8. The van der Waals surface area contributed by atoms with Crippen molar-refractivity contribution in [3.63, 3.8) is 0 Å². The molecule has 7 heteroatoms. The summed E-state index contributed by atoms with van der Waals surface area (Å²) in [6.07, 6.45) is 0.648. The second-order valence-corrected chi connectivity index (χ2v) is 3.50. The van der Waals surface area contributed by atoms with E-state index >= 15 is 0 Å². The summed E-state index contributed by atoms with van der Waals surface area (Å²) < 4.78 is 4.77. The molecule has 0 radical (unpaired) electrons. The van der Waals surface area contributed by atoms with E-state index in [0.29, 0.717) is 0 Å². The maximum atomic E-state index is 11.8. The number of anilines is 1. The first-order valence-electron chi connectivity index (χ1n) is 4.77. The topological polar surface area (TPSA) is 104 Å². The van der Waals surface area contributed by atoms with Gasteiger partial charge in [0.15, 0.2) is 0 Å². The van der Waals surface area contributed by atoms with Crippen molar-refractivity contribution in [3.8, 4) is 0 Å². The number of aliphatic hydroxyl groups is 1. The van der Waals surface area contributed by atoms with Crippen LogP contribution < -0.4 is 5.73 Å². The van der Waals surface area contributed by atoms with Gasteiger partial charge in [-0.2, -0.15) is 5.10 Å². The number of rotatable bonds is 5. The number of amides is 1. The van der Waals surface area contributed by atoms with Crippen LogP contribution in [-0.4, -0.2) is 59.5 Å².